The van der Waals surface area contributed by atoms with E-state index in [4.69, 9.17) is 5.11 Å². The van der Waals surface area contributed by atoms with E-state index in [9.17, 15) is 14.7 Å². The van der Waals surface area contributed by atoms with Crippen molar-refractivity contribution in [3.63, 3.8) is 0 Å². The molecule has 0 radical (unpaired) electrons. The fraction of sp³-hybridized carbons (Fsp3) is 0.619. The summed E-state index contributed by atoms with van der Waals surface area (Å²) < 4.78 is 0. The predicted octanol–water partition coefficient (Wildman–Crippen LogP) is 2.22. The summed E-state index contributed by atoms with van der Waals surface area (Å²) in [5.41, 5.74) is 0.884. The molecule has 3 rings (SSSR count). The first-order chi connectivity index (χ1) is 13.5. The highest BCUT2D eigenvalue weighted by atomic mass is 16.4. The number of hydrogen-bond acceptors (Lipinski definition) is 4. The predicted molar refractivity (Wildman–Crippen MR) is 106 cm³/mol. The Morgan fingerprint density at radius 2 is 2.00 bits per heavy atom. The van der Waals surface area contributed by atoms with Crippen LogP contribution in [0.5, 0.6) is 0 Å². The van der Waals surface area contributed by atoms with Crippen molar-refractivity contribution in [1.82, 2.24) is 15.1 Å². The molecule has 2 atom stereocenters. The maximum atomic E-state index is 12.7. The van der Waals surface area contributed by atoms with Crippen LogP contribution in [0.15, 0.2) is 30.3 Å². The van der Waals surface area contributed by atoms with Crippen LogP contribution in [-0.2, 0) is 4.79 Å². The lowest BCUT2D eigenvalue weighted by Crippen LogP contribution is -2.57. The van der Waals surface area contributed by atoms with Gasteiger partial charge in [0.2, 0.25) is 0 Å². The Morgan fingerprint density at radius 1 is 1.29 bits per heavy atom. The smallest absolute Gasteiger partial charge is 0.317 e. The topological polar surface area (TPSA) is 93.1 Å². The van der Waals surface area contributed by atoms with E-state index in [2.05, 4.69) is 5.32 Å². The lowest BCUT2D eigenvalue weighted by Gasteiger charge is -2.43. The fourth-order valence-electron chi connectivity index (χ4n) is 4.35. The number of carbonyl (C=O) groups excluding carboxylic acids is 1. The number of benzene rings is 1. The van der Waals surface area contributed by atoms with E-state index in [1.54, 1.807) is 0 Å². The van der Waals surface area contributed by atoms with Crippen LogP contribution in [-0.4, -0.2) is 69.8 Å². The summed E-state index contributed by atoms with van der Waals surface area (Å²) in [4.78, 5) is 27.5. The SMILES string of the molecule is CCN(CC(=O)O)C1CC(NC(=O)N2CCCC2CC(O)c2ccccc2)C1. The average molecular weight is 389 g/mol. The Morgan fingerprint density at radius 3 is 2.64 bits per heavy atom. The molecule has 0 aromatic heterocycles. The van der Waals surface area contributed by atoms with E-state index in [0.29, 0.717) is 19.5 Å². The largest absolute Gasteiger partial charge is 0.480 e. The number of rotatable bonds is 8. The number of likely N-dealkylation sites (tertiary alicyclic amines) is 1. The van der Waals surface area contributed by atoms with E-state index in [1.807, 2.05) is 47.1 Å². The third-order valence-electron chi connectivity index (χ3n) is 6.02. The van der Waals surface area contributed by atoms with Crippen molar-refractivity contribution in [2.24, 2.45) is 0 Å². The number of likely N-dealkylation sites (N-methyl/N-ethyl adjacent to an activating group) is 1. The molecule has 1 saturated carbocycles. The number of amides is 2. The second-order valence-electron chi connectivity index (χ2n) is 7.88. The third-order valence-corrected chi connectivity index (χ3v) is 6.02. The number of urea groups is 1. The van der Waals surface area contributed by atoms with Gasteiger partial charge in [0.1, 0.15) is 0 Å². The third kappa shape index (κ3) is 5.02. The van der Waals surface area contributed by atoms with Crippen LogP contribution in [0.1, 0.15) is 50.7 Å². The number of aliphatic hydroxyl groups excluding tert-OH is 1. The van der Waals surface area contributed by atoms with E-state index in [0.717, 1.165) is 31.2 Å². The van der Waals surface area contributed by atoms with Crippen LogP contribution in [0.4, 0.5) is 4.79 Å². The van der Waals surface area contributed by atoms with Crippen molar-refractivity contribution in [2.45, 2.75) is 63.3 Å². The summed E-state index contributed by atoms with van der Waals surface area (Å²) in [6, 6.07) is 9.88. The summed E-state index contributed by atoms with van der Waals surface area (Å²) in [7, 11) is 0. The first kappa shape index (κ1) is 20.6. The molecule has 1 heterocycles. The molecule has 3 N–H and O–H groups in total. The van der Waals surface area contributed by atoms with Crippen LogP contribution in [0, 0.1) is 0 Å². The first-order valence-electron chi connectivity index (χ1n) is 10.2. The van der Waals surface area contributed by atoms with Gasteiger partial charge >= 0.3 is 12.0 Å². The second-order valence-corrected chi connectivity index (χ2v) is 7.88. The average Bonchev–Trinajstić information content (AvgIpc) is 3.11. The molecule has 154 valence electrons. The Kier molecular flexibility index (Phi) is 6.91. The highest BCUT2D eigenvalue weighted by molar-refractivity contribution is 5.75. The Hall–Kier alpha value is -2.12. The summed E-state index contributed by atoms with van der Waals surface area (Å²) in [6.07, 6.45) is 3.42. The van der Waals surface area contributed by atoms with Crippen molar-refractivity contribution < 1.29 is 19.8 Å². The molecule has 2 amide bonds. The standard InChI is InChI=1S/C21H31N3O4/c1-2-23(14-20(26)27)18-11-16(12-18)22-21(28)24-10-6-9-17(24)13-19(25)15-7-4-3-5-8-15/h3-5,7-8,16-19,25H,2,6,9-14H2,1H3,(H,22,28)(H,26,27). The van der Waals surface area contributed by atoms with Gasteiger partial charge in [-0.1, -0.05) is 37.3 Å². The highest BCUT2D eigenvalue weighted by Gasteiger charge is 2.37. The Labute approximate surface area is 166 Å². The minimum absolute atomic E-state index is 0.0465. The van der Waals surface area contributed by atoms with Gasteiger partial charge < -0.3 is 20.4 Å². The number of aliphatic hydroxyl groups is 1. The van der Waals surface area contributed by atoms with Gasteiger partial charge in [0, 0.05) is 24.7 Å². The van der Waals surface area contributed by atoms with Crippen LogP contribution < -0.4 is 5.32 Å². The van der Waals surface area contributed by atoms with Gasteiger partial charge in [0.15, 0.2) is 0 Å². The molecule has 28 heavy (non-hydrogen) atoms. The lowest BCUT2D eigenvalue weighted by molar-refractivity contribution is -0.139. The van der Waals surface area contributed by atoms with Crippen molar-refractivity contribution in [1.29, 1.82) is 0 Å². The maximum Gasteiger partial charge on any atom is 0.317 e. The molecule has 2 aliphatic rings. The molecule has 0 spiro atoms. The second kappa shape index (κ2) is 9.39. The minimum Gasteiger partial charge on any atom is -0.480 e. The van der Waals surface area contributed by atoms with Crippen LogP contribution in [0.25, 0.3) is 0 Å². The van der Waals surface area contributed by atoms with E-state index in [1.165, 1.54) is 0 Å². The molecule has 7 nitrogen and oxygen atoms in total. The monoisotopic (exact) mass is 389 g/mol. The normalized spacial score (nSPS) is 25.4. The molecule has 1 aromatic carbocycles. The highest BCUT2D eigenvalue weighted by Crippen LogP contribution is 2.29. The zero-order valence-electron chi connectivity index (χ0n) is 16.5. The fourth-order valence-corrected chi connectivity index (χ4v) is 4.35. The number of nitrogens with one attached hydrogen (secondary N) is 1. The lowest BCUT2D eigenvalue weighted by atomic mass is 9.85. The van der Waals surface area contributed by atoms with Gasteiger partial charge in [-0.25, -0.2) is 4.79 Å². The maximum absolute atomic E-state index is 12.7. The quantitative estimate of drug-likeness (QED) is 0.634. The molecule has 2 fully saturated rings. The first-order valence-corrected chi connectivity index (χ1v) is 10.2. The van der Waals surface area contributed by atoms with Gasteiger partial charge in [-0.2, -0.15) is 0 Å². The summed E-state index contributed by atoms with van der Waals surface area (Å²) in [5, 5.41) is 22.6. The van der Waals surface area contributed by atoms with Crippen LogP contribution in [0.3, 0.4) is 0 Å². The number of carboxylic acids is 1. The van der Waals surface area contributed by atoms with E-state index < -0.39 is 12.1 Å². The number of carbonyl (C=O) groups is 2. The molecule has 1 aromatic rings. The number of nitrogens with zero attached hydrogens (tertiary/aromatic N) is 2. The summed E-state index contributed by atoms with van der Waals surface area (Å²) in [5.74, 6) is -0.814. The van der Waals surface area contributed by atoms with Crippen LogP contribution >= 0.6 is 0 Å². The van der Waals surface area contributed by atoms with Gasteiger partial charge in [-0.3, -0.25) is 9.69 Å². The minimum atomic E-state index is -0.814. The van der Waals surface area contributed by atoms with Crippen molar-refractivity contribution in [2.75, 3.05) is 19.6 Å². The zero-order valence-corrected chi connectivity index (χ0v) is 16.5. The van der Waals surface area contributed by atoms with Gasteiger partial charge in [-0.05, 0) is 44.2 Å². The molecule has 2 unspecified atom stereocenters. The molecule has 0 bridgehead atoms. The molecule has 7 heteroatoms. The summed E-state index contributed by atoms with van der Waals surface area (Å²) >= 11 is 0. The molecule has 1 aliphatic carbocycles. The Bertz CT molecular complexity index is 663. The van der Waals surface area contributed by atoms with Crippen molar-refractivity contribution >= 4 is 12.0 Å². The van der Waals surface area contributed by atoms with E-state index >= 15 is 0 Å². The van der Waals surface area contributed by atoms with Gasteiger partial charge in [0.25, 0.3) is 0 Å². The number of hydrogen-bond donors (Lipinski definition) is 3. The molecular weight excluding hydrogens is 358 g/mol. The van der Waals surface area contributed by atoms with Crippen molar-refractivity contribution in [3.8, 4) is 0 Å². The number of carboxylic acid groups (broad SMARTS) is 1. The molecule has 1 saturated heterocycles. The summed E-state index contributed by atoms with van der Waals surface area (Å²) in [6.45, 7) is 3.42. The number of aliphatic carboxylic acids is 1. The van der Waals surface area contributed by atoms with Gasteiger partial charge in [0.05, 0.1) is 12.6 Å². The molecule has 1 aliphatic heterocycles. The van der Waals surface area contributed by atoms with Crippen molar-refractivity contribution in [3.05, 3.63) is 35.9 Å². The van der Waals surface area contributed by atoms with Crippen LogP contribution in [0.2, 0.25) is 0 Å². The zero-order chi connectivity index (χ0) is 20.1. The Balaban J connectivity index is 1.47. The van der Waals surface area contributed by atoms with E-state index in [-0.39, 0.29) is 30.7 Å². The van der Waals surface area contributed by atoms with Gasteiger partial charge in [-0.15, -0.1) is 0 Å². The molecular formula is C21H31N3O4.